The molecule has 0 aliphatic heterocycles. The molecule has 19 heavy (non-hydrogen) atoms. The highest BCUT2D eigenvalue weighted by molar-refractivity contribution is 5.90. The van der Waals surface area contributed by atoms with Crippen LogP contribution in [-0.2, 0) is 6.54 Å². The summed E-state index contributed by atoms with van der Waals surface area (Å²) in [6.45, 7) is 2.96. The Kier molecular flexibility index (Phi) is 3.33. The molecule has 0 bridgehead atoms. The van der Waals surface area contributed by atoms with Crippen LogP contribution in [0, 0.1) is 25.5 Å². The monoisotopic (exact) mass is 266 g/mol. The molecule has 0 radical (unpaired) electrons. The van der Waals surface area contributed by atoms with Crippen molar-refractivity contribution in [3.8, 4) is 0 Å². The Labute approximate surface area is 108 Å². The van der Waals surface area contributed by atoms with E-state index in [9.17, 15) is 13.6 Å². The molecule has 1 aromatic carbocycles. The summed E-state index contributed by atoms with van der Waals surface area (Å²) >= 11 is 0. The molecule has 1 aromatic heterocycles. The van der Waals surface area contributed by atoms with E-state index in [1.54, 1.807) is 13.8 Å². The lowest BCUT2D eigenvalue weighted by molar-refractivity contribution is 0.0695. The Morgan fingerprint density at radius 3 is 2.37 bits per heavy atom. The SMILES string of the molecule is Cc1nn(Cc2c(F)cccc2F)c(C)c1C(=O)O. The summed E-state index contributed by atoms with van der Waals surface area (Å²) < 4.78 is 28.4. The lowest BCUT2D eigenvalue weighted by Gasteiger charge is -2.07. The van der Waals surface area contributed by atoms with E-state index in [2.05, 4.69) is 5.10 Å². The quantitative estimate of drug-likeness (QED) is 0.928. The molecule has 0 spiro atoms. The van der Waals surface area contributed by atoms with Crippen LogP contribution in [0.1, 0.15) is 27.3 Å². The predicted octanol–water partition coefficient (Wildman–Crippen LogP) is 2.52. The van der Waals surface area contributed by atoms with Gasteiger partial charge in [0, 0.05) is 5.56 Å². The highest BCUT2D eigenvalue weighted by Crippen LogP contribution is 2.18. The minimum absolute atomic E-state index is 0.0664. The maximum Gasteiger partial charge on any atom is 0.339 e. The number of carboxylic acid groups (broad SMARTS) is 1. The van der Waals surface area contributed by atoms with Gasteiger partial charge in [-0.15, -0.1) is 0 Å². The number of rotatable bonds is 3. The zero-order valence-corrected chi connectivity index (χ0v) is 10.4. The highest BCUT2D eigenvalue weighted by Gasteiger charge is 2.19. The normalized spacial score (nSPS) is 10.7. The van der Waals surface area contributed by atoms with Gasteiger partial charge in [-0.2, -0.15) is 5.10 Å². The van der Waals surface area contributed by atoms with Gasteiger partial charge < -0.3 is 5.11 Å². The second-order valence-corrected chi connectivity index (χ2v) is 4.21. The van der Waals surface area contributed by atoms with Crippen LogP contribution in [0.4, 0.5) is 8.78 Å². The van der Waals surface area contributed by atoms with E-state index >= 15 is 0 Å². The van der Waals surface area contributed by atoms with Crippen LogP contribution in [0.15, 0.2) is 18.2 Å². The molecule has 0 amide bonds. The third-order valence-corrected chi connectivity index (χ3v) is 2.96. The van der Waals surface area contributed by atoms with Crippen molar-refractivity contribution in [2.45, 2.75) is 20.4 Å². The van der Waals surface area contributed by atoms with Gasteiger partial charge in [0.15, 0.2) is 0 Å². The van der Waals surface area contributed by atoms with Crippen molar-refractivity contribution in [2.24, 2.45) is 0 Å². The molecule has 0 unspecified atom stereocenters. The molecule has 4 nitrogen and oxygen atoms in total. The highest BCUT2D eigenvalue weighted by atomic mass is 19.1. The van der Waals surface area contributed by atoms with E-state index in [1.807, 2.05) is 0 Å². The van der Waals surface area contributed by atoms with Crippen molar-refractivity contribution in [1.29, 1.82) is 0 Å². The Morgan fingerprint density at radius 2 is 1.89 bits per heavy atom. The fourth-order valence-electron chi connectivity index (χ4n) is 1.99. The molecule has 0 aliphatic carbocycles. The Balaban J connectivity index is 2.45. The van der Waals surface area contributed by atoms with Crippen molar-refractivity contribution in [2.75, 3.05) is 0 Å². The summed E-state index contributed by atoms with van der Waals surface area (Å²) in [4.78, 5) is 11.0. The maximum atomic E-state index is 13.5. The zero-order chi connectivity index (χ0) is 14.2. The van der Waals surface area contributed by atoms with E-state index in [0.29, 0.717) is 11.4 Å². The third-order valence-electron chi connectivity index (χ3n) is 2.96. The molecule has 0 saturated carbocycles. The van der Waals surface area contributed by atoms with Gasteiger partial charge in [0.25, 0.3) is 0 Å². The van der Waals surface area contributed by atoms with Crippen LogP contribution in [0.5, 0.6) is 0 Å². The lowest BCUT2D eigenvalue weighted by atomic mass is 10.2. The first-order valence-corrected chi connectivity index (χ1v) is 5.62. The number of halogens is 2. The number of hydrogen-bond donors (Lipinski definition) is 1. The zero-order valence-electron chi connectivity index (χ0n) is 10.4. The van der Waals surface area contributed by atoms with E-state index in [4.69, 9.17) is 5.11 Å². The van der Waals surface area contributed by atoms with Crippen LogP contribution in [0.2, 0.25) is 0 Å². The number of carboxylic acids is 1. The Morgan fingerprint density at radius 1 is 1.32 bits per heavy atom. The van der Waals surface area contributed by atoms with Gasteiger partial charge in [0.2, 0.25) is 0 Å². The molecule has 100 valence electrons. The van der Waals surface area contributed by atoms with E-state index < -0.39 is 17.6 Å². The summed E-state index contributed by atoms with van der Waals surface area (Å²) in [6, 6.07) is 3.59. The first-order valence-electron chi connectivity index (χ1n) is 5.62. The van der Waals surface area contributed by atoms with Gasteiger partial charge in [-0.25, -0.2) is 13.6 Å². The van der Waals surface area contributed by atoms with Crippen LogP contribution in [-0.4, -0.2) is 20.9 Å². The molecule has 0 aliphatic rings. The lowest BCUT2D eigenvalue weighted by Crippen LogP contribution is -2.09. The minimum atomic E-state index is -1.10. The van der Waals surface area contributed by atoms with Crippen molar-refractivity contribution >= 4 is 5.97 Å². The molecule has 0 fully saturated rings. The molecular weight excluding hydrogens is 254 g/mol. The number of nitrogens with zero attached hydrogens (tertiary/aromatic N) is 2. The molecule has 6 heteroatoms. The number of aromatic nitrogens is 2. The summed E-state index contributed by atoms with van der Waals surface area (Å²) in [5.41, 5.74) is 0.621. The maximum absolute atomic E-state index is 13.5. The smallest absolute Gasteiger partial charge is 0.339 e. The molecule has 0 atom stereocenters. The fraction of sp³-hybridized carbons (Fsp3) is 0.231. The average Bonchev–Trinajstić information content (AvgIpc) is 2.59. The number of hydrogen-bond acceptors (Lipinski definition) is 2. The van der Waals surface area contributed by atoms with Crippen molar-refractivity contribution in [3.05, 3.63) is 52.3 Å². The second-order valence-electron chi connectivity index (χ2n) is 4.21. The Bertz CT molecular complexity index is 630. The number of aromatic carboxylic acids is 1. The van der Waals surface area contributed by atoms with Gasteiger partial charge in [0.1, 0.15) is 17.2 Å². The van der Waals surface area contributed by atoms with E-state index in [1.165, 1.54) is 10.7 Å². The first kappa shape index (κ1) is 13.2. The molecule has 2 rings (SSSR count). The molecular formula is C13H12F2N2O2. The summed E-state index contributed by atoms with van der Waals surface area (Å²) in [6.07, 6.45) is 0. The molecule has 1 heterocycles. The van der Waals surface area contributed by atoms with Crippen LogP contribution in [0.3, 0.4) is 0 Å². The summed E-state index contributed by atoms with van der Waals surface area (Å²) in [5, 5.41) is 13.0. The average molecular weight is 266 g/mol. The van der Waals surface area contributed by atoms with Crippen molar-refractivity contribution in [1.82, 2.24) is 9.78 Å². The van der Waals surface area contributed by atoms with Crippen molar-refractivity contribution < 1.29 is 18.7 Å². The number of aryl methyl sites for hydroxylation is 1. The van der Waals surface area contributed by atoms with Crippen LogP contribution >= 0.6 is 0 Å². The molecule has 2 aromatic rings. The van der Waals surface area contributed by atoms with Gasteiger partial charge in [0.05, 0.1) is 17.9 Å². The van der Waals surface area contributed by atoms with Gasteiger partial charge in [-0.3, -0.25) is 4.68 Å². The minimum Gasteiger partial charge on any atom is -0.478 e. The molecule has 1 N–H and O–H groups in total. The van der Waals surface area contributed by atoms with Crippen LogP contribution in [0.25, 0.3) is 0 Å². The number of benzene rings is 1. The second kappa shape index (κ2) is 4.79. The largest absolute Gasteiger partial charge is 0.478 e. The first-order chi connectivity index (χ1) is 8.91. The van der Waals surface area contributed by atoms with Gasteiger partial charge in [-0.05, 0) is 26.0 Å². The van der Waals surface area contributed by atoms with Crippen LogP contribution < -0.4 is 0 Å². The summed E-state index contributed by atoms with van der Waals surface area (Å²) in [7, 11) is 0. The standard InChI is InChI=1S/C13H12F2N2O2/c1-7-12(13(18)19)8(2)17(16-7)6-9-10(14)4-3-5-11(9)15/h3-5H,6H2,1-2H3,(H,18,19). The van der Waals surface area contributed by atoms with E-state index in [0.717, 1.165) is 12.1 Å². The topological polar surface area (TPSA) is 55.1 Å². The fourth-order valence-corrected chi connectivity index (χ4v) is 1.99. The van der Waals surface area contributed by atoms with Gasteiger partial charge >= 0.3 is 5.97 Å². The third kappa shape index (κ3) is 2.33. The Hall–Kier alpha value is -2.24. The summed E-state index contributed by atoms with van der Waals surface area (Å²) in [5.74, 6) is -2.45. The predicted molar refractivity (Wildman–Crippen MR) is 64.1 cm³/mol. The number of carbonyl (C=O) groups is 1. The van der Waals surface area contributed by atoms with Crippen molar-refractivity contribution in [3.63, 3.8) is 0 Å². The molecule has 0 saturated heterocycles. The van der Waals surface area contributed by atoms with Gasteiger partial charge in [-0.1, -0.05) is 6.07 Å². The van der Waals surface area contributed by atoms with E-state index in [-0.39, 0.29) is 17.7 Å².